The average molecular weight is 277 g/mol. The molecule has 0 spiro atoms. The molecule has 1 aromatic rings. The molecule has 0 bridgehead atoms. The lowest BCUT2D eigenvalue weighted by atomic mass is 10.3. The molecule has 0 unspecified atom stereocenters. The van der Waals surface area contributed by atoms with E-state index in [0.717, 1.165) is 18.7 Å². The Bertz CT molecular complexity index is 487. The lowest BCUT2D eigenvalue weighted by Gasteiger charge is -2.19. The van der Waals surface area contributed by atoms with Crippen molar-refractivity contribution in [1.82, 2.24) is 4.90 Å². The van der Waals surface area contributed by atoms with Gasteiger partial charge >= 0.3 is 0 Å². The van der Waals surface area contributed by atoms with E-state index >= 15 is 0 Å². The number of anilines is 1. The summed E-state index contributed by atoms with van der Waals surface area (Å²) in [5.41, 5.74) is 1.61. The molecule has 0 aliphatic rings. The van der Waals surface area contributed by atoms with Gasteiger partial charge in [-0.25, -0.2) is 0 Å². The van der Waals surface area contributed by atoms with Crippen molar-refractivity contribution >= 4 is 22.2 Å². The van der Waals surface area contributed by atoms with Gasteiger partial charge < -0.3 is 5.32 Å². The molecule has 0 aromatic carbocycles. The van der Waals surface area contributed by atoms with Gasteiger partial charge in [-0.1, -0.05) is 19.1 Å². The Hall–Kier alpha value is -1.64. The average Bonchev–Trinajstić information content (AvgIpc) is 2.81. The smallest absolute Gasteiger partial charge is 0.226 e. The molecular weight excluding hydrogens is 258 g/mol. The van der Waals surface area contributed by atoms with E-state index in [-0.39, 0.29) is 5.91 Å². The van der Waals surface area contributed by atoms with Gasteiger partial charge in [-0.2, -0.15) is 5.26 Å². The first kappa shape index (κ1) is 15.4. The van der Waals surface area contributed by atoms with E-state index in [1.165, 1.54) is 11.3 Å². The minimum absolute atomic E-state index is 0.0564. The number of hydrogen-bond donors (Lipinski definition) is 1. The second kappa shape index (κ2) is 7.72. The first-order chi connectivity index (χ1) is 9.06. The number of amides is 1. The molecule has 19 heavy (non-hydrogen) atoms. The first-order valence-corrected chi connectivity index (χ1v) is 7.09. The largest absolute Gasteiger partial charge is 0.317 e. The molecule has 4 nitrogen and oxygen atoms in total. The molecule has 0 saturated heterocycles. The lowest BCUT2D eigenvalue weighted by Crippen LogP contribution is -2.29. The molecule has 1 N–H and O–H groups in total. The molecule has 102 valence electrons. The fourth-order valence-corrected chi connectivity index (χ4v) is 2.43. The van der Waals surface area contributed by atoms with Crippen LogP contribution in [0.5, 0.6) is 0 Å². The van der Waals surface area contributed by atoms with Crippen molar-refractivity contribution in [3.63, 3.8) is 0 Å². The summed E-state index contributed by atoms with van der Waals surface area (Å²) in [5, 5.41) is 14.1. The topological polar surface area (TPSA) is 56.1 Å². The maximum absolute atomic E-state index is 11.8. The minimum Gasteiger partial charge on any atom is -0.317 e. The van der Waals surface area contributed by atoms with Crippen LogP contribution in [-0.4, -0.2) is 30.4 Å². The fraction of sp³-hybridized carbons (Fsp3) is 0.429. The Kier molecular flexibility index (Phi) is 6.26. The third-order valence-electron chi connectivity index (χ3n) is 2.63. The highest BCUT2D eigenvalue weighted by molar-refractivity contribution is 7.14. The Balaban J connectivity index is 2.43. The van der Waals surface area contributed by atoms with E-state index in [4.69, 9.17) is 5.26 Å². The highest BCUT2D eigenvalue weighted by atomic mass is 32.1. The molecule has 1 amide bonds. The van der Waals surface area contributed by atoms with E-state index in [1.54, 1.807) is 11.4 Å². The van der Waals surface area contributed by atoms with Crippen molar-refractivity contribution in [3.05, 3.63) is 29.2 Å². The zero-order valence-corrected chi connectivity index (χ0v) is 12.2. The number of nitrogens with one attached hydrogen (secondary N) is 1. The number of hydrogen-bond acceptors (Lipinski definition) is 4. The third-order valence-corrected chi connectivity index (χ3v) is 3.46. The van der Waals surface area contributed by atoms with Crippen molar-refractivity contribution in [2.24, 2.45) is 0 Å². The molecular formula is C14H19N3OS. The molecule has 0 atom stereocenters. The maximum atomic E-state index is 11.8. The van der Waals surface area contributed by atoms with E-state index < -0.39 is 0 Å². The summed E-state index contributed by atoms with van der Waals surface area (Å²) in [6.45, 7) is 10.3. The van der Waals surface area contributed by atoms with Crippen LogP contribution in [-0.2, 0) is 4.79 Å². The van der Waals surface area contributed by atoms with E-state index in [2.05, 4.69) is 29.8 Å². The third kappa shape index (κ3) is 5.25. The Morgan fingerprint density at radius 2 is 2.37 bits per heavy atom. The van der Waals surface area contributed by atoms with Gasteiger partial charge in [0.05, 0.1) is 5.56 Å². The lowest BCUT2D eigenvalue weighted by molar-refractivity contribution is -0.116. The monoisotopic (exact) mass is 277 g/mol. The van der Waals surface area contributed by atoms with Gasteiger partial charge in [-0.15, -0.1) is 11.3 Å². The number of likely N-dealkylation sites (N-methyl/N-ethyl adjacent to an activating group) is 1. The summed E-state index contributed by atoms with van der Waals surface area (Å²) in [6.07, 6.45) is 0.421. The van der Waals surface area contributed by atoms with Crippen molar-refractivity contribution in [2.45, 2.75) is 20.3 Å². The van der Waals surface area contributed by atoms with Crippen molar-refractivity contribution in [3.8, 4) is 6.07 Å². The minimum atomic E-state index is -0.0564. The quantitative estimate of drug-likeness (QED) is 0.780. The second-order valence-corrected chi connectivity index (χ2v) is 5.32. The van der Waals surface area contributed by atoms with Crippen LogP contribution in [0, 0.1) is 11.3 Å². The summed E-state index contributed by atoms with van der Waals surface area (Å²) in [7, 11) is 0. The van der Waals surface area contributed by atoms with Crippen LogP contribution < -0.4 is 5.32 Å². The standard InChI is InChI=1S/C14H19N3OS/c1-4-17(10-11(2)3)7-5-13(18)16-14-12(9-15)6-8-19-14/h6,8H,2,4-5,7,10H2,1,3H3,(H,16,18). The number of rotatable bonds is 7. The molecule has 0 radical (unpaired) electrons. The van der Waals surface area contributed by atoms with Crippen molar-refractivity contribution < 1.29 is 4.79 Å². The highest BCUT2D eigenvalue weighted by Crippen LogP contribution is 2.22. The van der Waals surface area contributed by atoms with Gasteiger partial charge in [0, 0.05) is 19.5 Å². The zero-order valence-electron chi connectivity index (χ0n) is 11.4. The molecule has 1 rings (SSSR count). The van der Waals surface area contributed by atoms with Crippen LogP contribution in [0.15, 0.2) is 23.6 Å². The van der Waals surface area contributed by atoms with Gasteiger partial charge in [-0.05, 0) is 24.9 Å². The second-order valence-electron chi connectivity index (χ2n) is 4.40. The highest BCUT2D eigenvalue weighted by Gasteiger charge is 2.10. The van der Waals surface area contributed by atoms with Gasteiger partial charge in [0.1, 0.15) is 11.1 Å². The van der Waals surface area contributed by atoms with Crippen molar-refractivity contribution in [2.75, 3.05) is 25.0 Å². The molecule has 0 saturated carbocycles. The van der Waals surface area contributed by atoms with Crippen molar-refractivity contribution in [1.29, 1.82) is 5.26 Å². The van der Waals surface area contributed by atoms with Gasteiger partial charge in [-0.3, -0.25) is 9.69 Å². The number of thiophene rings is 1. The van der Waals surface area contributed by atoms with E-state index in [0.29, 0.717) is 23.5 Å². The maximum Gasteiger partial charge on any atom is 0.226 e. The van der Waals surface area contributed by atoms with E-state index in [1.807, 2.05) is 6.92 Å². The van der Waals surface area contributed by atoms with Crippen LogP contribution in [0.2, 0.25) is 0 Å². The first-order valence-electron chi connectivity index (χ1n) is 6.21. The normalized spacial score (nSPS) is 10.2. The Morgan fingerprint density at radius 3 is 2.95 bits per heavy atom. The predicted molar refractivity (Wildman–Crippen MR) is 79.2 cm³/mol. The van der Waals surface area contributed by atoms with Crippen LogP contribution >= 0.6 is 11.3 Å². The number of nitrogens with zero attached hydrogens (tertiary/aromatic N) is 2. The molecule has 5 heteroatoms. The molecule has 0 aliphatic heterocycles. The zero-order chi connectivity index (χ0) is 14.3. The number of carbonyl (C=O) groups excluding carboxylic acids is 1. The fourth-order valence-electron chi connectivity index (χ4n) is 1.67. The van der Waals surface area contributed by atoms with Crippen LogP contribution in [0.1, 0.15) is 25.8 Å². The summed E-state index contributed by atoms with van der Waals surface area (Å²) in [6, 6.07) is 3.76. The molecule has 0 fully saturated rings. The molecule has 1 heterocycles. The van der Waals surface area contributed by atoms with Gasteiger partial charge in [0.25, 0.3) is 0 Å². The summed E-state index contributed by atoms with van der Waals surface area (Å²) in [4.78, 5) is 14.0. The molecule has 1 aromatic heterocycles. The van der Waals surface area contributed by atoms with Gasteiger partial charge in [0.2, 0.25) is 5.91 Å². The predicted octanol–water partition coefficient (Wildman–Crippen LogP) is 2.85. The Morgan fingerprint density at radius 1 is 1.63 bits per heavy atom. The number of carbonyl (C=O) groups is 1. The van der Waals surface area contributed by atoms with Gasteiger partial charge in [0.15, 0.2) is 0 Å². The van der Waals surface area contributed by atoms with E-state index in [9.17, 15) is 4.79 Å². The number of nitriles is 1. The SMILES string of the molecule is C=C(C)CN(CC)CCC(=O)Nc1sccc1C#N. The van der Waals surface area contributed by atoms with Crippen LogP contribution in [0.4, 0.5) is 5.00 Å². The van der Waals surface area contributed by atoms with Crippen LogP contribution in [0.3, 0.4) is 0 Å². The summed E-state index contributed by atoms with van der Waals surface area (Å²) >= 11 is 1.37. The van der Waals surface area contributed by atoms with Crippen LogP contribution in [0.25, 0.3) is 0 Å². The molecule has 0 aliphatic carbocycles. The summed E-state index contributed by atoms with van der Waals surface area (Å²) < 4.78 is 0. The Labute approximate surface area is 118 Å². The summed E-state index contributed by atoms with van der Waals surface area (Å²) in [5.74, 6) is -0.0564.